The Kier molecular flexibility index (Phi) is 5.41. The number of amides is 1. The maximum Gasteiger partial charge on any atom is 0.337 e. The first-order valence-corrected chi connectivity index (χ1v) is 9.85. The number of carbonyl (C=O) groups excluding carboxylic acids is 2. The van der Waals surface area contributed by atoms with E-state index in [-0.39, 0.29) is 19.4 Å². The molecule has 1 N–H and O–H groups in total. The van der Waals surface area contributed by atoms with Crippen molar-refractivity contribution in [3.05, 3.63) is 58.5 Å². The topological polar surface area (TPSA) is 77.1 Å². The number of fused-ring (bicyclic) bond motifs is 1. The fourth-order valence-electron chi connectivity index (χ4n) is 2.80. The molecule has 0 aliphatic carbocycles. The summed E-state index contributed by atoms with van der Waals surface area (Å²) in [6.07, 6.45) is 1.78. The first-order chi connectivity index (χ1) is 14.0. The standard InChI is InChI=1S/C20H16N2O5S2/c1-25-19(24)13-3-5-14(6-4-13)21-10-22-18(23)17(29-20(22)28)9-12-2-7-15-16(8-12)27-11-26-15/h2-9,21H,10-11H2,1H3/b17-9+. The zero-order valence-corrected chi connectivity index (χ0v) is 17.0. The molecule has 0 atom stereocenters. The van der Waals surface area contributed by atoms with E-state index in [9.17, 15) is 9.59 Å². The van der Waals surface area contributed by atoms with E-state index in [4.69, 9.17) is 21.7 Å². The number of thioether (sulfide) groups is 1. The van der Waals surface area contributed by atoms with Gasteiger partial charge in [-0.2, -0.15) is 0 Å². The molecule has 1 saturated heterocycles. The Morgan fingerprint density at radius 3 is 2.76 bits per heavy atom. The third kappa shape index (κ3) is 4.06. The zero-order chi connectivity index (χ0) is 20.4. The smallest absolute Gasteiger partial charge is 0.337 e. The molecule has 29 heavy (non-hydrogen) atoms. The first kappa shape index (κ1) is 19.3. The Bertz CT molecular complexity index is 1020. The number of anilines is 1. The summed E-state index contributed by atoms with van der Waals surface area (Å²) in [5.41, 5.74) is 2.04. The molecule has 0 bridgehead atoms. The third-order valence-electron chi connectivity index (χ3n) is 4.32. The largest absolute Gasteiger partial charge is 0.465 e. The van der Waals surface area contributed by atoms with Crippen LogP contribution in [0, 0.1) is 0 Å². The summed E-state index contributed by atoms with van der Waals surface area (Å²) in [4.78, 5) is 26.3. The molecule has 7 nitrogen and oxygen atoms in total. The Morgan fingerprint density at radius 1 is 1.24 bits per heavy atom. The summed E-state index contributed by atoms with van der Waals surface area (Å²) >= 11 is 6.61. The van der Waals surface area contributed by atoms with E-state index in [0.29, 0.717) is 26.3 Å². The van der Waals surface area contributed by atoms with Crippen LogP contribution in [0.1, 0.15) is 15.9 Å². The van der Waals surface area contributed by atoms with Crippen LogP contribution in [-0.4, -0.2) is 41.7 Å². The SMILES string of the molecule is COC(=O)c1ccc(NCN2C(=O)/C(=C\c3ccc4c(c3)OCO4)SC2=S)cc1. The number of thiocarbonyl (C=S) groups is 1. The molecular weight excluding hydrogens is 412 g/mol. The van der Waals surface area contributed by atoms with Crippen LogP contribution in [0.4, 0.5) is 5.69 Å². The molecule has 2 heterocycles. The summed E-state index contributed by atoms with van der Waals surface area (Å²) in [6.45, 7) is 0.425. The van der Waals surface area contributed by atoms with Crippen LogP contribution in [0.25, 0.3) is 6.08 Å². The fraction of sp³-hybridized carbons (Fsp3) is 0.150. The van der Waals surface area contributed by atoms with E-state index >= 15 is 0 Å². The lowest BCUT2D eigenvalue weighted by atomic mass is 10.2. The number of esters is 1. The number of hydrogen-bond donors (Lipinski definition) is 1. The van der Waals surface area contributed by atoms with Crippen molar-refractivity contribution in [2.45, 2.75) is 0 Å². The molecule has 2 aliphatic heterocycles. The molecule has 2 aliphatic rings. The van der Waals surface area contributed by atoms with Crippen molar-refractivity contribution < 1.29 is 23.8 Å². The molecule has 9 heteroatoms. The lowest BCUT2D eigenvalue weighted by Gasteiger charge is -2.16. The molecule has 0 radical (unpaired) electrons. The first-order valence-electron chi connectivity index (χ1n) is 8.62. The maximum atomic E-state index is 12.7. The molecule has 1 amide bonds. The van der Waals surface area contributed by atoms with E-state index in [1.54, 1.807) is 30.3 Å². The minimum Gasteiger partial charge on any atom is -0.465 e. The van der Waals surface area contributed by atoms with Gasteiger partial charge in [-0.25, -0.2) is 4.79 Å². The second-order valence-corrected chi connectivity index (χ2v) is 7.80. The summed E-state index contributed by atoms with van der Waals surface area (Å²) in [5, 5.41) is 3.14. The second kappa shape index (κ2) is 8.14. The number of nitrogens with zero attached hydrogens (tertiary/aromatic N) is 1. The van der Waals surface area contributed by atoms with Gasteiger partial charge in [0.05, 0.1) is 24.2 Å². The van der Waals surface area contributed by atoms with Gasteiger partial charge in [0.2, 0.25) is 6.79 Å². The van der Waals surface area contributed by atoms with Crippen LogP contribution in [-0.2, 0) is 9.53 Å². The van der Waals surface area contributed by atoms with Crippen LogP contribution < -0.4 is 14.8 Å². The van der Waals surface area contributed by atoms with Gasteiger partial charge in [0, 0.05) is 5.69 Å². The Hall–Kier alpha value is -3.04. The van der Waals surface area contributed by atoms with Gasteiger partial charge in [0.1, 0.15) is 4.32 Å². The van der Waals surface area contributed by atoms with Crippen molar-refractivity contribution >= 4 is 51.9 Å². The number of methoxy groups -OCH3 is 1. The predicted octanol–water partition coefficient (Wildman–Crippen LogP) is 3.47. The number of hydrogen-bond acceptors (Lipinski definition) is 8. The second-order valence-electron chi connectivity index (χ2n) is 6.13. The molecule has 1 fully saturated rings. The molecular formula is C20H16N2O5S2. The minimum absolute atomic E-state index is 0.170. The van der Waals surface area contributed by atoms with Crippen LogP contribution >= 0.6 is 24.0 Å². The van der Waals surface area contributed by atoms with Crippen LogP contribution in [0.5, 0.6) is 11.5 Å². The van der Waals surface area contributed by atoms with E-state index in [0.717, 1.165) is 11.3 Å². The summed E-state index contributed by atoms with van der Waals surface area (Å²) in [5.74, 6) is 0.780. The van der Waals surface area contributed by atoms with Gasteiger partial charge in [-0.3, -0.25) is 9.69 Å². The van der Waals surface area contributed by atoms with Gasteiger partial charge in [0.25, 0.3) is 5.91 Å². The van der Waals surface area contributed by atoms with Gasteiger partial charge in [0.15, 0.2) is 11.5 Å². The van der Waals surface area contributed by atoms with Crippen molar-refractivity contribution in [2.24, 2.45) is 0 Å². The van der Waals surface area contributed by atoms with E-state index < -0.39 is 5.97 Å². The molecule has 148 valence electrons. The highest BCUT2D eigenvalue weighted by Gasteiger charge is 2.31. The highest BCUT2D eigenvalue weighted by atomic mass is 32.2. The van der Waals surface area contributed by atoms with Gasteiger partial charge >= 0.3 is 5.97 Å². The van der Waals surface area contributed by atoms with Gasteiger partial charge < -0.3 is 19.5 Å². The highest BCUT2D eigenvalue weighted by Crippen LogP contribution is 2.36. The van der Waals surface area contributed by atoms with E-state index in [1.807, 2.05) is 18.2 Å². The van der Waals surface area contributed by atoms with Gasteiger partial charge in [-0.05, 0) is 48.0 Å². The number of carbonyl (C=O) groups is 2. The van der Waals surface area contributed by atoms with Crippen molar-refractivity contribution in [1.82, 2.24) is 4.90 Å². The van der Waals surface area contributed by atoms with Gasteiger partial charge in [-0.1, -0.05) is 30.0 Å². The number of ether oxygens (including phenoxy) is 3. The van der Waals surface area contributed by atoms with Crippen molar-refractivity contribution in [1.29, 1.82) is 0 Å². The monoisotopic (exact) mass is 428 g/mol. The van der Waals surface area contributed by atoms with Crippen LogP contribution in [0.2, 0.25) is 0 Å². The van der Waals surface area contributed by atoms with Crippen molar-refractivity contribution in [3.63, 3.8) is 0 Å². The quantitative estimate of drug-likeness (QED) is 0.441. The number of rotatable bonds is 5. The lowest BCUT2D eigenvalue weighted by molar-refractivity contribution is -0.121. The summed E-state index contributed by atoms with van der Waals surface area (Å²) < 4.78 is 15.8. The summed E-state index contributed by atoms with van der Waals surface area (Å²) in [7, 11) is 1.33. The van der Waals surface area contributed by atoms with Crippen LogP contribution in [0.15, 0.2) is 47.4 Å². The van der Waals surface area contributed by atoms with Crippen molar-refractivity contribution in [2.75, 3.05) is 25.9 Å². The molecule has 4 rings (SSSR count). The van der Waals surface area contributed by atoms with E-state index in [2.05, 4.69) is 10.1 Å². The van der Waals surface area contributed by atoms with Crippen molar-refractivity contribution in [3.8, 4) is 11.5 Å². The minimum atomic E-state index is -0.401. The molecule has 0 aromatic heterocycles. The van der Waals surface area contributed by atoms with Crippen LogP contribution in [0.3, 0.4) is 0 Å². The maximum absolute atomic E-state index is 12.7. The number of nitrogens with one attached hydrogen (secondary N) is 1. The van der Waals surface area contributed by atoms with Gasteiger partial charge in [-0.15, -0.1) is 0 Å². The number of benzene rings is 2. The third-order valence-corrected chi connectivity index (χ3v) is 5.69. The Morgan fingerprint density at radius 2 is 2.00 bits per heavy atom. The fourth-order valence-corrected chi connectivity index (χ4v) is 4.06. The molecule has 2 aromatic rings. The average molecular weight is 428 g/mol. The normalized spacial score (nSPS) is 16.4. The molecule has 0 spiro atoms. The highest BCUT2D eigenvalue weighted by molar-refractivity contribution is 8.26. The Labute approximate surface area is 176 Å². The molecule has 0 unspecified atom stereocenters. The zero-order valence-electron chi connectivity index (χ0n) is 15.3. The summed E-state index contributed by atoms with van der Waals surface area (Å²) in [6, 6.07) is 12.3. The molecule has 0 saturated carbocycles. The molecule has 2 aromatic carbocycles. The lowest BCUT2D eigenvalue weighted by Crippen LogP contribution is -2.33. The Balaban J connectivity index is 1.42. The average Bonchev–Trinajstić information content (AvgIpc) is 3.30. The predicted molar refractivity (Wildman–Crippen MR) is 114 cm³/mol. The van der Waals surface area contributed by atoms with E-state index in [1.165, 1.54) is 23.8 Å².